The number of methoxy groups -OCH3 is 1. The molecule has 0 unspecified atom stereocenters. The van der Waals surface area contributed by atoms with Crippen molar-refractivity contribution < 1.29 is 27.8 Å². The normalized spacial score (nSPS) is 15.0. The highest BCUT2D eigenvalue weighted by atomic mass is 32.2. The number of rotatable bonds is 8. The molecule has 0 aromatic heterocycles. The number of hydrogen-bond acceptors (Lipinski definition) is 7. The Kier molecular flexibility index (Phi) is 7.79. The Morgan fingerprint density at radius 2 is 1.67 bits per heavy atom. The zero-order valence-corrected chi connectivity index (χ0v) is 24.3. The fourth-order valence-corrected chi connectivity index (χ4v) is 6.57. The largest absolute Gasteiger partial charge is 0.507 e. The van der Waals surface area contributed by atoms with Gasteiger partial charge in [-0.15, -0.1) is 0 Å². The lowest BCUT2D eigenvalue weighted by atomic mass is 9.93. The van der Waals surface area contributed by atoms with E-state index in [9.17, 15) is 18.3 Å². The molecule has 0 bridgehead atoms. The van der Waals surface area contributed by atoms with Gasteiger partial charge in [-0.1, -0.05) is 54.6 Å². The van der Waals surface area contributed by atoms with E-state index >= 15 is 0 Å². The maximum atomic E-state index is 13.5. The molecule has 0 spiro atoms. The number of ether oxygens (including phenoxy) is 2. The van der Waals surface area contributed by atoms with Crippen molar-refractivity contribution in [2.24, 2.45) is 0 Å². The molecule has 1 saturated heterocycles. The van der Waals surface area contributed by atoms with Crippen molar-refractivity contribution in [1.82, 2.24) is 10.6 Å². The van der Waals surface area contributed by atoms with E-state index in [-0.39, 0.29) is 28.1 Å². The van der Waals surface area contributed by atoms with Crippen LogP contribution < -0.4 is 24.8 Å². The first kappa shape index (κ1) is 28.3. The van der Waals surface area contributed by atoms with Crippen LogP contribution >= 0.6 is 0 Å². The van der Waals surface area contributed by atoms with Gasteiger partial charge in [-0.3, -0.25) is 4.72 Å². The molecule has 1 fully saturated rings. The summed E-state index contributed by atoms with van der Waals surface area (Å²) in [7, 11) is -2.52. The molecule has 1 atom stereocenters. The molecule has 1 aliphatic rings. The third-order valence-electron chi connectivity index (χ3n) is 7.64. The summed E-state index contributed by atoms with van der Waals surface area (Å²) < 4.78 is 41.0. The summed E-state index contributed by atoms with van der Waals surface area (Å²) >= 11 is 0. The van der Waals surface area contributed by atoms with Crippen LogP contribution in [0.1, 0.15) is 12.8 Å². The second kappa shape index (κ2) is 11.8. The number of carbonyl (C=O) groups excluding carboxylic acids is 1. The van der Waals surface area contributed by atoms with Gasteiger partial charge in [0.2, 0.25) is 0 Å². The summed E-state index contributed by atoms with van der Waals surface area (Å²) in [6, 6.07) is 25.8. The van der Waals surface area contributed by atoms with Crippen molar-refractivity contribution in [3.63, 3.8) is 0 Å². The van der Waals surface area contributed by atoms with Crippen molar-refractivity contribution in [2.45, 2.75) is 23.8 Å². The van der Waals surface area contributed by atoms with Gasteiger partial charge in [-0.25, -0.2) is 13.2 Å². The van der Waals surface area contributed by atoms with Gasteiger partial charge >= 0.3 is 6.09 Å². The number of phenols is 1. The summed E-state index contributed by atoms with van der Waals surface area (Å²) in [5.41, 5.74) is 1.03. The summed E-state index contributed by atoms with van der Waals surface area (Å²) in [5, 5.41) is 19.9. The molecule has 0 aliphatic carbocycles. The number of sulfonamides is 1. The second-order valence-corrected chi connectivity index (χ2v) is 12.1. The van der Waals surface area contributed by atoms with Crippen LogP contribution in [0.5, 0.6) is 17.2 Å². The standard InChI is InChI=1S/C33H31N3O6S/c1-41-23-13-15-24(16-14-23)43(39,40)36-29-19-28(31-25-9-3-2-7-21(25)12-17-30(31)37)32(27-11-5-4-10-26(27)29)42-33(38)35-20-22-8-6-18-34-22/h2-5,7,9-17,19,22,34,36-37H,6,8,18,20H2,1H3,(H,35,38)/t22-/m1/s1. The lowest BCUT2D eigenvalue weighted by molar-refractivity contribution is 0.200. The zero-order valence-electron chi connectivity index (χ0n) is 23.5. The number of benzene rings is 5. The summed E-state index contributed by atoms with van der Waals surface area (Å²) in [6.07, 6.45) is 1.36. The third kappa shape index (κ3) is 5.79. The predicted octanol–water partition coefficient (Wildman–Crippen LogP) is 6.02. The van der Waals surface area contributed by atoms with E-state index < -0.39 is 16.1 Å². The van der Waals surface area contributed by atoms with Crippen LogP contribution in [0.3, 0.4) is 0 Å². The van der Waals surface area contributed by atoms with Crippen molar-refractivity contribution in [3.05, 3.63) is 91.0 Å². The Hall–Kier alpha value is -4.80. The van der Waals surface area contributed by atoms with Gasteiger partial charge in [0.25, 0.3) is 10.0 Å². The van der Waals surface area contributed by atoms with E-state index in [2.05, 4.69) is 15.4 Å². The minimum atomic E-state index is -4.03. The van der Waals surface area contributed by atoms with E-state index in [0.29, 0.717) is 39.6 Å². The maximum absolute atomic E-state index is 13.5. The van der Waals surface area contributed by atoms with Gasteiger partial charge in [0.1, 0.15) is 17.2 Å². The summed E-state index contributed by atoms with van der Waals surface area (Å²) in [5.74, 6) is 0.687. The van der Waals surface area contributed by atoms with E-state index in [1.165, 1.54) is 19.2 Å². The van der Waals surface area contributed by atoms with Gasteiger partial charge in [-0.2, -0.15) is 0 Å². The fourth-order valence-electron chi connectivity index (χ4n) is 5.50. The molecule has 10 heteroatoms. The lowest BCUT2D eigenvalue weighted by Gasteiger charge is -2.20. The predicted molar refractivity (Wildman–Crippen MR) is 167 cm³/mol. The molecular weight excluding hydrogens is 566 g/mol. The van der Waals surface area contributed by atoms with Crippen molar-refractivity contribution in [3.8, 4) is 28.4 Å². The molecule has 5 aromatic rings. The van der Waals surface area contributed by atoms with Crippen molar-refractivity contribution >= 4 is 43.3 Å². The first-order valence-corrected chi connectivity index (χ1v) is 15.4. The van der Waals surface area contributed by atoms with E-state index in [4.69, 9.17) is 9.47 Å². The van der Waals surface area contributed by atoms with Crippen molar-refractivity contribution in [2.75, 3.05) is 24.9 Å². The summed E-state index contributed by atoms with van der Waals surface area (Å²) in [4.78, 5) is 13.2. The quantitative estimate of drug-likeness (QED) is 0.172. The Balaban J connectivity index is 1.51. The Morgan fingerprint density at radius 3 is 2.40 bits per heavy atom. The van der Waals surface area contributed by atoms with Crippen LogP contribution in [0.15, 0.2) is 95.9 Å². The average molecular weight is 598 g/mol. The SMILES string of the molecule is COc1ccc(S(=O)(=O)Nc2cc(-c3c(O)ccc4ccccc34)c(OC(=O)NC[C@H]3CCCN3)c3ccccc23)cc1. The van der Waals surface area contributed by atoms with Gasteiger partial charge in [0.05, 0.1) is 17.7 Å². The van der Waals surface area contributed by atoms with E-state index in [1.807, 2.05) is 24.3 Å². The van der Waals surface area contributed by atoms with Gasteiger partial charge in [-0.05, 0) is 66.6 Å². The molecule has 43 heavy (non-hydrogen) atoms. The number of fused-ring (bicyclic) bond motifs is 2. The van der Waals surface area contributed by atoms with Crippen LogP contribution in [-0.4, -0.2) is 45.9 Å². The molecule has 9 nitrogen and oxygen atoms in total. The number of amides is 1. The third-order valence-corrected chi connectivity index (χ3v) is 9.02. The molecule has 220 valence electrons. The molecular formula is C33H31N3O6S. The van der Waals surface area contributed by atoms with Crippen LogP contribution in [-0.2, 0) is 10.0 Å². The molecule has 1 amide bonds. The van der Waals surface area contributed by atoms with Crippen LogP contribution in [0.4, 0.5) is 10.5 Å². The molecule has 4 N–H and O–H groups in total. The maximum Gasteiger partial charge on any atom is 0.412 e. The lowest BCUT2D eigenvalue weighted by Crippen LogP contribution is -2.38. The molecule has 1 aliphatic heterocycles. The van der Waals surface area contributed by atoms with Crippen LogP contribution in [0.2, 0.25) is 0 Å². The number of anilines is 1. The van der Waals surface area contributed by atoms with Gasteiger partial charge < -0.3 is 25.2 Å². The van der Waals surface area contributed by atoms with Crippen LogP contribution in [0.25, 0.3) is 32.7 Å². The molecule has 0 radical (unpaired) electrons. The first-order valence-electron chi connectivity index (χ1n) is 14.0. The highest BCUT2D eigenvalue weighted by Crippen LogP contribution is 2.47. The molecule has 6 rings (SSSR count). The highest BCUT2D eigenvalue weighted by Gasteiger charge is 2.24. The number of aromatic hydroxyl groups is 1. The Bertz CT molecular complexity index is 1920. The monoisotopic (exact) mass is 597 g/mol. The van der Waals surface area contributed by atoms with Gasteiger partial charge in [0, 0.05) is 34.5 Å². The number of nitrogens with one attached hydrogen (secondary N) is 3. The molecule has 5 aromatic carbocycles. The Labute approximate surface area is 249 Å². The number of carbonyl (C=O) groups is 1. The average Bonchev–Trinajstić information content (AvgIpc) is 3.55. The van der Waals surface area contributed by atoms with E-state index in [0.717, 1.165) is 24.8 Å². The van der Waals surface area contributed by atoms with Crippen molar-refractivity contribution in [1.29, 1.82) is 0 Å². The highest BCUT2D eigenvalue weighted by molar-refractivity contribution is 7.92. The first-order chi connectivity index (χ1) is 20.8. The molecule has 1 heterocycles. The minimum absolute atomic E-state index is 0.0432. The van der Waals surface area contributed by atoms with E-state index in [1.54, 1.807) is 54.6 Å². The molecule has 0 saturated carbocycles. The zero-order chi connectivity index (χ0) is 30.0. The Morgan fingerprint density at radius 1 is 0.953 bits per heavy atom. The number of hydrogen-bond donors (Lipinski definition) is 4. The number of phenolic OH excluding ortho intramolecular Hbond substituents is 1. The van der Waals surface area contributed by atoms with Crippen LogP contribution in [0, 0.1) is 0 Å². The smallest absolute Gasteiger partial charge is 0.412 e. The topological polar surface area (TPSA) is 126 Å². The minimum Gasteiger partial charge on any atom is -0.507 e. The van der Waals surface area contributed by atoms with Gasteiger partial charge in [0.15, 0.2) is 0 Å². The summed E-state index contributed by atoms with van der Waals surface area (Å²) in [6.45, 7) is 1.32. The second-order valence-electron chi connectivity index (χ2n) is 10.4. The fraction of sp³-hybridized carbons (Fsp3) is 0.182.